The van der Waals surface area contributed by atoms with Gasteiger partial charge in [-0.25, -0.2) is 0 Å². The molecule has 2 saturated carbocycles. The molecule has 0 spiro atoms. The van der Waals surface area contributed by atoms with Crippen molar-refractivity contribution < 1.29 is 9.47 Å². The summed E-state index contributed by atoms with van der Waals surface area (Å²) in [5, 5.41) is 0. The summed E-state index contributed by atoms with van der Waals surface area (Å²) >= 11 is 0. The lowest BCUT2D eigenvalue weighted by Gasteiger charge is -2.28. The highest BCUT2D eigenvalue weighted by Gasteiger charge is 2.21. The van der Waals surface area contributed by atoms with Gasteiger partial charge in [-0.1, -0.05) is 19.4 Å². The van der Waals surface area contributed by atoms with Gasteiger partial charge in [0.2, 0.25) is 0 Å². The average molecular weight is 288 g/mol. The molecule has 2 nitrogen and oxygen atoms in total. The smallest absolute Gasteiger partial charge is 0.126 e. The molecule has 2 fully saturated rings. The van der Waals surface area contributed by atoms with Crippen molar-refractivity contribution in [2.75, 3.05) is 0 Å². The Morgan fingerprint density at radius 2 is 1.38 bits per heavy atom. The van der Waals surface area contributed by atoms with Gasteiger partial charge in [0.05, 0.1) is 12.2 Å². The summed E-state index contributed by atoms with van der Waals surface area (Å²) in [5.41, 5.74) is 1.09. The molecule has 0 radical (unpaired) electrons. The van der Waals surface area contributed by atoms with Gasteiger partial charge in [0.15, 0.2) is 0 Å². The van der Waals surface area contributed by atoms with Gasteiger partial charge in [0.1, 0.15) is 11.5 Å². The van der Waals surface area contributed by atoms with Crippen LogP contribution in [-0.4, -0.2) is 12.2 Å². The van der Waals surface area contributed by atoms with E-state index < -0.39 is 0 Å². The minimum absolute atomic E-state index is 0.385. The first kappa shape index (κ1) is 14.7. The van der Waals surface area contributed by atoms with E-state index in [0.717, 1.165) is 23.5 Å². The number of ether oxygens (including phenoxy) is 2. The summed E-state index contributed by atoms with van der Waals surface area (Å²) in [6.45, 7) is 4.15. The molecule has 3 aliphatic rings. The van der Waals surface area contributed by atoms with Crippen LogP contribution in [0.25, 0.3) is 0 Å². The van der Waals surface area contributed by atoms with E-state index in [4.69, 9.17) is 9.47 Å². The van der Waals surface area contributed by atoms with Crippen molar-refractivity contribution in [1.29, 1.82) is 0 Å². The second-order valence-electron chi connectivity index (χ2n) is 6.68. The van der Waals surface area contributed by atoms with Crippen LogP contribution >= 0.6 is 0 Å². The van der Waals surface area contributed by atoms with E-state index in [1.807, 2.05) is 0 Å². The number of hydrogen-bond donors (Lipinski definition) is 0. The third-order valence-corrected chi connectivity index (χ3v) is 4.87. The fourth-order valence-electron chi connectivity index (χ4n) is 3.55. The first-order chi connectivity index (χ1) is 10.3. The molecule has 0 amide bonds. The van der Waals surface area contributed by atoms with Gasteiger partial charge in [-0.2, -0.15) is 0 Å². The van der Waals surface area contributed by atoms with E-state index in [9.17, 15) is 0 Å². The Bertz CT molecular complexity index is 421. The van der Waals surface area contributed by atoms with Crippen LogP contribution in [0.15, 0.2) is 35.8 Å². The number of hydrogen-bond acceptors (Lipinski definition) is 2. The monoisotopic (exact) mass is 288 g/mol. The molecule has 116 valence electrons. The van der Waals surface area contributed by atoms with E-state index in [0.29, 0.717) is 12.2 Å². The summed E-state index contributed by atoms with van der Waals surface area (Å²) in [6.07, 6.45) is 18.6. The van der Waals surface area contributed by atoms with Gasteiger partial charge in [0.25, 0.3) is 0 Å². The minimum atomic E-state index is 0.385. The maximum absolute atomic E-state index is 6.20. The van der Waals surface area contributed by atoms with Crippen LogP contribution in [0.3, 0.4) is 0 Å². The zero-order valence-corrected chi connectivity index (χ0v) is 13.1. The molecule has 0 saturated heterocycles. The largest absolute Gasteiger partial charge is 0.491 e. The molecule has 2 heteroatoms. The van der Waals surface area contributed by atoms with Crippen molar-refractivity contribution in [2.45, 2.75) is 82.8 Å². The van der Waals surface area contributed by atoms with Gasteiger partial charge in [-0.05, 0) is 69.4 Å². The molecule has 3 aliphatic carbocycles. The molecular weight excluding hydrogens is 260 g/mol. The van der Waals surface area contributed by atoms with Crippen molar-refractivity contribution in [1.82, 2.24) is 0 Å². The predicted octanol–water partition coefficient (Wildman–Crippen LogP) is 5.41. The summed E-state index contributed by atoms with van der Waals surface area (Å²) in [4.78, 5) is 0. The van der Waals surface area contributed by atoms with E-state index in [-0.39, 0.29) is 0 Å². The molecule has 0 aromatic carbocycles. The molecule has 3 rings (SSSR count). The van der Waals surface area contributed by atoms with Gasteiger partial charge in [0, 0.05) is 6.08 Å². The highest BCUT2D eigenvalue weighted by atomic mass is 16.5. The summed E-state index contributed by atoms with van der Waals surface area (Å²) < 4.78 is 12.4. The van der Waals surface area contributed by atoms with Crippen molar-refractivity contribution in [3.63, 3.8) is 0 Å². The Kier molecular flexibility index (Phi) is 5.05. The van der Waals surface area contributed by atoms with Crippen LogP contribution in [0.5, 0.6) is 0 Å². The Labute approximate surface area is 128 Å². The highest BCUT2D eigenvalue weighted by molar-refractivity contribution is 5.36. The molecule has 0 unspecified atom stereocenters. The molecule has 0 N–H and O–H groups in total. The zero-order valence-electron chi connectivity index (χ0n) is 13.1. The lowest BCUT2D eigenvalue weighted by molar-refractivity contribution is 0.0742. The van der Waals surface area contributed by atoms with Crippen molar-refractivity contribution in [2.24, 2.45) is 0 Å². The molecule has 0 bridgehead atoms. The van der Waals surface area contributed by atoms with Gasteiger partial charge >= 0.3 is 0 Å². The van der Waals surface area contributed by atoms with Crippen molar-refractivity contribution >= 4 is 0 Å². The van der Waals surface area contributed by atoms with Crippen LogP contribution in [0.2, 0.25) is 0 Å². The minimum Gasteiger partial charge on any atom is -0.491 e. The van der Waals surface area contributed by atoms with E-state index in [1.165, 1.54) is 64.2 Å². The summed E-state index contributed by atoms with van der Waals surface area (Å²) in [6, 6.07) is 0. The van der Waals surface area contributed by atoms with Crippen molar-refractivity contribution in [3.8, 4) is 0 Å². The fourth-order valence-corrected chi connectivity index (χ4v) is 3.55. The quantitative estimate of drug-likeness (QED) is 0.688. The Morgan fingerprint density at radius 1 is 0.810 bits per heavy atom. The van der Waals surface area contributed by atoms with E-state index in [1.54, 1.807) is 0 Å². The van der Waals surface area contributed by atoms with Crippen LogP contribution in [0.4, 0.5) is 0 Å². The zero-order chi connectivity index (χ0) is 14.5. The molecule has 21 heavy (non-hydrogen) atoms. The molecule has 0 aromatic heterocycles. The fraction of sp³-hybridized carbons (Fsp3) is 0.684. The maximum Gasteiger partial charge on any atom is 0.126 e. The first-order valence-electron chi connectivity index (χ1n) is 8.74. The number of allylic oxidation sites excluding steroid dienone is 3. The van der Waals surface area contributed by atoms with Crippen LogP contribution < -0.4 is 0 Å². The highest BCUT2D eigenvalue weighted by Crippen LogP contribution is 2.31. The van der Waals surface area contributed by atoms with Crippen molar-refractivity contribution in [3.05, 3.63) is 35.8 Å². The maximum atomic E-state index is 6.20. The normalized spacial score (nSPS) is 25.2. The molecule has 0 heterocycles. The SMILES string of the molecule is C=C1CC=C(OC2CCCCC2)C=C1OC1CCCCC1. The molecule has 0 aromatic rings. The standard InChI is InChI=1S/C19H28O2/c1-15-12-13-18(20-16-8-4-2-5-9-16)14-19(15)21-17-10-6-3-7-11-17/h13-14,16-17H,1-12H2. The molecule has 0 aliphatic heterocycles. The van der Waals surface area contributed by atoms with Crippen LogP contribution in [-0.2, 0) is 9.47 Å². The third-order valence-electron chi connectivity index (χ3n) is 4.87. The van der Waals surface area contributed by atoms with Crippen LogP contribution in [0, 0.1) is 0 Å². The van der Waals surface area contributed by atoms with E-state index >= 15 is 0 Å². The first-order valence-corrected chi connectivity index (χ1v) is 8.74. The van der Waals surface area contributed by atoms with Gasteiger partial charge < -0.3 is 9.47 Å². The third kappa shape index (κ3) is 4.15. The average Bonchev–Trinajstić information content (AvgIpc) is 2.53. The predicted molar refractivity (Wildman–Crippen MR) is 85.8 cm³/mol. The lowest BCUT2D eigenvalue weighted by Crippen LogP contribution is -2.19. The summed E-state index contributed by atoms with van der Waals surface area (Å²) in [5.74, 6) is 1.97. The Morgan fingerprint density at radius 3 is 2.00 bits per heavy atom. The second-order valence-corrected chi connectivity index (χ2v) is 6.68. The molecule has 0 atom stereocenters. The Hall–Kier alpha value is -1.18. The van der Waals surface area contributed by atoms with Gasteiger partial charge in [-0.15, -0.1) is 0 Å². The van der Waals surface area contributed by atoms with Gasteiger partial charge in [-0.3, -0.25) is 0 Å². The second kappa shape index (κ2) is 7.20. The molecular formula is C19H28O2. The topological polar surface area (TPSA) is 18.5 Å². The summed E-state index contributed by atoms with van der Waals surface area (Å²) in [7, 11) is 0. The van der Waals surface area contributed by atoms with E-state index in [2.05, 4.69) is 18.7 Å². The lowest BCUT2D eigenvalue weighted by atomic mass is 9.97. The van der Waals surface area contributed by atoms with Crippen LogP contribution in [0.1, 0.15) is 70.6 Å². The Balaban J connectivity index is 1.58. The number of rotatable bonds is 4.